The molecule has 0 aliphatic rings. The number of carboxylic acid groups (broad SMARTS) is 1. The summed E-state index contributed by atoms with van der Waals surface area (Å²) in [5.74, 6) is -0.167. The summed E-state index contributed by atoms with van der Waals surface area (Å²) in [6, 6.07) is 10.9. The van der Waals surface area contributed by atoms with Gasteiger partial charge in [0, 0.05) is 0 Å². The highest BCUT2D eigenvalue weighted by Gasteiger charge is 2.11. The van der Waals surface area contributed by atoms with Crippen LogP contribution in [0.4, 0.5) is 0 Å². The van der Waals surface area contributed by atoms with Crippen molar-refractivity contribution in [2.75, 3.05) is 0 Å². The van der Waals surface area contributed by atoms with E-state index in [9.17, 15) is 4.79 Å². The number of ether oxygens (including phenoxy) is 1. The van der Waals surface area contributed by atoms with Crippen LogP contribution in [0.1, 0.15) is 15.2 Å². The normalized spacial score (nSPS) is 10.0. The molecule has 2 rings (SSSR count). The average Bonchev–Trinajstić information content (AvgIpc) is 2.76. The monoisotopic (exact) mass is 234 g/mol. The largest absolute Gasteiger partial charge is 0.488 e. The fraction of sp³-hybridized carbons (Fsp3) is 0.0833. The van der Waals surface area contributed by atoms with Crippen molar-refractivity contribution in [2.45, 2.75) is 6.61 Å². The molecule has 0 spiro atoms. The Kier molecular flexibility index (Phi) is 3.22. The van der Waals surface area contributed by atoms with Crippen LogP contribution in [0, 0.1) is 0 Å². The summed E-state index contributed by atoms with van der Waals surface area (Å²) in [4.78, 5) is 11.6. The van der Waals surface area contributed by atoms with Crippen LogP contribution in [0.15, 0.2) is 41.8 Å². The van der Waals surface area contributed by atoms with Gasteiger partial charge in [-0.1, -0.05) is 18.2 Å². The quantitative estimate of drug-likeness (QED) is 0.884. The number of rotatable bonds is 4. The Morgan fingerprint density at radius 3 is 2.69 bits per heavy atom. The van der Waals surface area contributed by atoms with Gasteiger partial charge in [-0.05, 0) is 23.6 Å². The molecule has 0 atom stereocenters. The van der Waals surface area contributed by atoms with Gasteiger partial charge in [0.2, 0.25) is 0 Å². The lowest BCUT2D eigenvalue weighted by molar-refractivity contribution is 0.0695. The molecule has 4 heteroatoms. The highest BCUT2D eigenvalue weighted by atomic mass is 32.1. The number of aromatic carboxylic acids is 1. The van der Waals surface area contributed by atoms with Crippen LogP contribution in [0.3, 0.4) is 0 Å². The van der Waals surface area contributed by atoms with Crippen molar-refractivity contribution < 1.29 is 14.6 Å². The van der Waals surface area contributed by atoms with Crippen LogP contribution >= 0.6 is 11.3 Å². The first-order valence-electron chi connectivity index (χ1n) is 4.75. The van der Waals surface area contributed by atoms with Gasteiger partial charge in [0.15, 0.2) is 0 Å². The van der Waals surface area contributed by atoms with E-state index in [0.717, 1.165) is 10.6 Å². The molecule has 0 saturated carbocycles. The fourth-order valence-corrected chi connectivity index (χ4v) is 2.09. The minimum absolute atomic E-state index is 0.295. The molecule has 2 aromatic rings. The molecule has 0 saturated heterocycles. The lowest BCUT2D eigenvalue weighted by atomic mass is 10.3. The molecule has 0 unspecified atom stereocenters. The topological polar surface area (TPSA) is 46.5 Å². The Bertz CT molecular complexity index is 476. The van der Waals surface area contributed by atoms with Gasteiger partial charge in [-0.25, -0.2) is 4.79 Å². The van der Waals surface area contributed by atoms with Crippen LogP contribution in [0.25, 0.3) is 0 Å². The van der Waals surface area contributed by atoms with Crippen molar-refractivity contribution in [1.29, 1.82) is 0 Å². The van der Waals surface area contributed by atoms with E-state index >= 15 is 0 Å². The minimum Gasteiger partial charge on any atom is -0.488 e. The number of thiophene rings is 1. The van der Waals surface area contributed by atoms with Gasteiger partial charge in [0.1, 0.15) is 12.4 Å². The summed E-state index contributed by atoms with van der Waals surface area (Å²) >= 11 is 1.39. The maximum absolute atomic E-state index is 10.8. The second-order valence-electron chi connectivity index (χ2n) is 3.16. The predicted molar refractivity (Wildman–Crippen MR) is 62.1 cm³/mol. The van der Waals surface area contributed by atoms with E-state index in [-0.39, 0.29) is 0 Å². The van der Waals surface area contributed by atoms with Gasteiger partial charge in [0.25, 0.3) is 0 Å². The van der Waals surface area contributed by atoms with Crippen molar-refractivity contribution in [3.63, 3.8) is 0 Å². The SMILES string of the molecule is O=C(O)c1ccsc1COc1ccccc1. The van der Waals surface area contributed by atoms with Crippen LogP contribution in [-0.2, 0) is 6.61 Å². The number of benzene rings is 1. The Morgan fingerprint density at radius 1 is 1.25 bits per heavy atom. The van der Waals surface area contributed by atoms with E-state index in [1.165, 1.54) is 11.3 Å². The standard InChI is InChI=1S/C12H10O3S/c13-12(14)10-6-7-16-11(10)8-15-9-4-2-1-3-5-9/h1-7H,8H2,(H,13,14). The molecule has 0 aliphatic carbocycles. The first-order chi connectivity index (χ1) is 7.77. The molecular formula is C12H10O3S. The van der Waals surface area contributed by atoms with Gasteiger partial charge < -0.3 is 9.84 Å². The molecule has 1 aromatic carbocycles. The predicted octanol–water partition coefficient (Wildman–Crippen LogP) is 3.03. The lowest BCUT2D eigenvalue weighted by Gasteiger charge is -2.04. The summed E-state index contributed by atoms with van der Waals surface area (Å²) in [7, 11) is 0. The second kappa shape index (κ2) is 4.81. The van der Waals surface area contributed by atoms with Crippen molar-refractivity contribution in [1.82, 2.24) is 0 Å². The first-order valence-corrected chi connectivity index (χ1v) is 5.63. The zero-order chi connectivity index (χ0) is 11.4. The molecule has 82 valence electrons. The van der Waals surface area contributed by atoms with Gasteiger partial charge in [0.05, 0.1) is 10.4 Å². The van der Waals surface area contributed by atoms with Crippen LogP contribution in [-0.4, -0.2) is 11.1 Å². The van der Waals surface area contributed by atoms with Gasteiger partial charge >= 0.3 is 5.97 Å². The summed E-state index contributed by atoms with van der Waals surface area (Å²) < 4.78 is 5.49. The first kappa shape index (κ1) is 10.7. The fourth-order valence-electron chi connectivity index (χ4n) is 1.31. The molecule has 3 nitrogen and oxygen atoms in total. The number of carbonyl (C=O) groups is 1. The van der Waals surface area contributed by atoms with Gasteiger partial charge in [-0.2, -0.15) is 0 Å². The molecule has 1 N–H and O–H groups in total. The van der Waals surface area contributed by atoms with Crippen LogP contribution < -0.4 is 4.74 Å². The zero-order valence-corrected chi connectivity index (χ0v) is 9.24. The molecule has 0 radical (unpaired) electrons. The molecule has 16 heavy (non-hydrogen) atoms. The molecule has 0 amide bonds. The van der Waals surface area contributed by atoms with Crippen molar-refractivity contribution in [3.8, 4) is 5.75 Å². The minimum atomic E-state index is -0.909. The average molecular weight is 234 g/mol. The maximum Gasteiger partial charge on any atom is 0.336 e. The third kappa shape index (κ3) is 2.41. The van der Waals surface area contributed by atoms with E-state index in [4.69, 9.17) is 9.84 Å². The van der Waals surface area contributed by atoms with Gasteiger partial charge in [-0.3, -0.25) is 0 Å². The smallest absolute Gasteiger partial charge is 0.336 e. The molecule has 1 aromatic heterocycles. The number of hydrogen-bond acceptors (Lipinski definition) is 3. The van der Waals surface area contributed by atoms with Crippen molar-refractivity contribution in [3.05, 3.63) is 52.2 Å². The lowest BCUT2D eigenvalue weighted by Crippen LogP contribution is -2.01. The Balaban J connectivity index is 2.05. The molecule has 0 aliphatic heterocycles. The molecule has 1 heterocycles. The Hall–Kier alpha value is -1.81. The Morgan fingerprint density at radius 2 is 2.00 bits per heavy atom. The zero-order valence-electron chi connectivity index (χ0n) is 8.42. The number of para-hydroxylation sites is 1. The van der Waals surface area contributed by atoms with E-state index in [2.05, 4.69) is 0 Å². The van der Waals surface area contributed by atoms with Crippen molar-refractivity contribution >= 4 is 17.3 Å². The number of hydrogen-bond donors (Lipinski definition) is 1. The summed E-state index contributed by atoms with van der Waals surface area (Å²) in [5, 5.41) is 10.7. The van der Waals surface area contributed by atoms with Gasteiger partial charge in [-0.15, -0.1) is 11.3 Å². The summed E-state index contributed by atoms with van der Waals surface area (Å²) in [6.45, 7) is 0.295. The third-order valence-corrected chi connectivity index (χ3v) is 2.98. The highest BCUT2D eigenvalue weighted by Crippen LogP contribution is 2.19. The summed E-state index contributed by atoms with van der Waals surface area (Å²) in [6.07, 6.45) is 0. The van der Waals surface area contributed by atoms with E-state index < -0.39 is 5.97 Å². The number of carboxylic acids is 1. The van der Waals surface area contributed by atoms with Crippen LogP contribution in [0.2, 0.25) is 0 Å². The van der Waals surface area contributed by atoms with E-state index in [1.54, 1.807) is 11.4 Å². The van der Waals surface area contributed by atoms with E-state index in [0.29, 0.717) is 12.2 Å². The van der Waals surface area contributed by atoms with E-state index in [1.807, 2.05) is 30.3 Å². The summed E-state index contributed by atoms with van der Waals surface area (Å²) in [5.41, 5.74) is 0.320. The maximum atomic E-state index is 10.8. The molecule has 0 bridgehead atoms. The third-order valence-electron chi connectivity index (χ3n) is 2.09. The van der Waals surface area contributed by atoms with Crippen molar-refractivity contribution in [2.24, 2.45) is 0 Å². The molecular weight excluding hydrogens is 224 g/mol. The second-order valence-corrected chi connectivity index (χ2v) is 4.16. The highest BCUT2D eigenvalue weighted by molar-refractivity contribution is 7.10. The molecule has 0 fully saturated rings. The van der Waals surface area contributed by atoms with Crippen LogP contribution in [0.5, 0.6) is 5.75 Å². The Labute approximate surface area is 96.9 Å².